The summed E-state index contributed by atoms with van der Waals surface area (Å²) in [6.45, 7) is 3.16. The quantitative estimate of drug-likeness (QED) is 0.369. The van der Waals surface area contributed by atoms with E-state index < -0.39 is 18.0 Å². The van der Waals surface area contributed by atoms with Gasteiger partial charge in [0.1, 0.15) is 0 Å². The number of aryl methyl sites for hydroxylation is 1. The summed E-state index contributed by atoms with van der Waals surface area (Å²) in [6, 6.07) is 10.0. The molecule has 1 amide bonds. The maximum atomic E-state index is 13.0. The third-order valence-corrected chi connectivity index (χ3v) is 5.91. The fourth-order valence-corrected chi connectivity index (χ4v) is 3.93. The first-order chi connectivity index (χ1) is 14.8. The van der Waals surface area contributed by atoms with Gasteiger partial charge in [0, 0.05) is 5.02 Å². The minimum absolute atomic E-state index is 0.215. The van der Waals surface area contributed by atoms with Crippen molar-refractivity contribution in [3.05, 3.63) is 63.1 Å². The Bertz CT molecular complexity index is 1290. The van der Waals surface area contributed by atoms with E-state index in [0.29, 0.717) is 32.5 Å². The first-order valence-electron chi connectivity index (χ1n) is 9.11. The van der Waals surface area contributed by atoms with Gasteiger partial charge in [-0.2, -0.15) is 0 Å². The average Bonchev–Trinajstić information content (AvgIpc) is 3.40. The number of esters is 1. The number of carbonyl (C=O) groups excluding carboxylic acids is 2. The van der Waals surface area contributed by atoms with Crippen molar-refractivity contribution in [3.8, 4) is 10.6 Å². The summed E-state index contributed by atoms with van der Waals surface area (Å²) >= 11 is 13.5. The number of hydrogen-bond acceptors (Lipinski definition) is 7. The third-order valence-electron chi connectivity index (χ3n) is 4.45. The minimum Gasteiger partial charge on any atom is -0.449 e. The van der Waals surface area contributed by atoms with Crippen LogP contribution < -0.4 is 5.32 Å². The molecule has 1 N–H and O–H groups in total. The highest BCUT2D eigenvalue weighted by atomic mass is 35.5. The van der Waals surface area contributed by atoms with Crippen molar-refractivity contribution in [2.45, 2.75) is 20.0 Å². The Kier molecular flexibility index (Phi) is 5.95. The Morgan fingerprint density at radius 2 is 2.03 bits per heavy atom. The van der Waals surface area contributed by atoms with Gasteiger partial charge in [0.2, 0.25) is 0 Å². The molecule has 0 aliphatic rings. The lowest BCUT2D eigenvalue weighted by molar-refractivity contribution is -0.123. The van der Waals surface area contributed by atoms with Gasteiger partial charge in [0.05, 0.1) is 37.9 Å². The van der Waals surface area contributed by atoms with Gasteiger partial charge in [-0.15, -0.1) is 11.3 Å². The number of nitrogens with zero attached hydrogens (tertiary/aromatic N) is 2. The van der Waals surface area contributed by atoms with Crippen LogP contribution in [0.1, 0.15) is 23.0 Å². The molecule has 4 aromatic rings. The van der Waals surface area contributed by atoms with Crippen molar-refractivity contribution in [2.24, 2.45) is 0 Å². The molecule has 0 saturated heterocycles. The van der Waals surface area contributed by atoms with Crippen LogP contribution in [-0.4, -0.2) is 28.1 Å². The number of amides is 1. The molecule has 0 saturated carbocycles. The number of thiophene rings is 1. The van der Waals surface area contributed by atoms with E-state index in [2.05, 4.69) is 15.5 Å². The summed E-state index contributed by atoms with van der Waals surface area (Å²) in [4.78, 5) is 30.8. The summed E-state index contributed by atoms with van der Waals surface area (Å²) in [7, 11) is 0. The molecule has 1 aromatic carbocycles. The number of rotatable bonds is 5. The Morgan fingerprint density at radius 1 is 1.23 bits per heavy atom. The lowest BCUT2D eigenvalue weighted by atomic mass is 10.1. The Morgan fingerprint density at radius 3 is 2.77 bits per heavy atom. The molecule has 1 unspecified atom stereocenters. The van der Waals surface area contributed by atoms with E-state index in [0.717, 1.165) is 4.88 Å². The molecular weight excluding hydrogens is 461 g/mol. The molecule has 31 heavy (non-hydrogen) atoms. The van der Waals surface area contributed by atoms with Crippen LogP contribution in [-0.2, 0) is 9.53 Å². The molecule has 0 spiro atoms. The number of pyridine rings is 1. The normalized spacial score (nSPS) is 12.0. The van der Waals surface area contributed by atoms with Crippen molar-refractivity contribution in [3.63, 3.8) is 0 Å². The number of hydrogen-bond donors (Lipinski definition) is 1. The Hall–Kier alpha value is -2.94. The number of halogens is 2. The maximum Gasteiger partial charge on any atom is 0.339 e. The highest BCUT2D eigenvalue weighted by Crippen LogP contribution is 2.30. The second kappa shape index (κ2) is 8.66. The zero-order valence-corrected chi connectivity index (χ0v) is 18.6. The number of aromatic nitrogens is 2. The van der Waals surface area contributed by atoms with Gasteiger partial charge in [-0.1, -0.05) is 34.4 Å². The van der Waals surface area contributed by atoms with E-state index in [1.165, 1.54) is 24.3 Å². The summed E-state index contributed by atoms with van der Waals surface area (Å²) in [6.07, 6.45) is -1.10. The van der Waals surface area contributed by atoms with Crippen LogP contribution in [0.2, 0.25) is 10.0 Å². The number of benzene rings is 1. The predicted octanol–water partition coefficient (Wildman–Crippen LogP) is 5.75. The lowest BCUT2D eigenvalue weighted by Gasteiger charge is -2.15. The fourth-order valence-electron chi connectivity index (χ4n) is 2.91. The largest absolute Gasteiger partial charge is 0.449 e. The van der Waals surface area contributed by atoms with Crippen LogP contribution in [0.15, 0.2) is 46.3 Å². The van der Waals surface area contributed by atoms with Crippen molar-refractivity contribution < 1.29 is 18.8 Å². The second-order valence-electron chi connectivity index (χ2n) is 6.64. The molecule has 1 atom stereocenters. The zero-order valence-electron chi connectivity index (χ0n) is 16.3. The van der Waals surface area contributed by atoms with Crippen molar-refractivity contribution >= 4 is 63.2 Å². The number of anilines is 1. The molecule has 0 radical (unpaired) electrons. The molecule has 3 heterocycles. The molecule has 0 bridgehead atoms. The van der Waals surface area contributed by atoms with Gasteiger partial charge < -0.3 is 14.6 Å². The SMILES string of the molecule is Cc1noc2nc(-c3cccs3)cc(C(=O)OC(C)C(=O)Nc3cc(Cl)ccc3Cl)c12. The van der Waals surface area contributed by atoms with Crippen LogP contribution in [0, 0.1) is 6.92 Å². The topological polar surface area (TPSA) is 94.3 Å². The van der Waals surface area contributed by atoms with Crippen LogP contribution in [0.5, 0.6) is 0 Å². The third kappa shape index (κ3) is 4.41. The summed E-state index contributed by atoms with van der Waals surface area (Å²) in [5, 5.41) is 9.58. The molecule has 7 nitrogen and oxygen atoms in total. The van der Waals surface area contributed by atoms with Crippen molar-refractivity contribution in [1.29, 1.82) is 0 Å². The molecule has 3 aromatic heterocycles. The molecule has 0 fully saturated rings. The van der Waals surface area contributed by atoms with Gasteiger partial charge >= 0.3 is 5.97 Å². The zero-order chi connectivity index (χ0) is 22.1. The lowest BCUT2D eigenvalue weighted by Crippen LogP contribution is -2.30. The maximum absolute atomic E-state index is 13.0. The standard InChI is InChI=1S/C21H15Cl2N3O4S/c1-10-18-13(9-16(17-4-3-7-31-17)25-20(18)30-26-10)21(28)29-11(2)19(27)24-15-8-12(22)5-6-14(15)23/h3-9,11H,1-2H3,(H,24,27). The number of fused-ring (bicyclic) bond motifs is 1. The second-order valence-corrected chi connectivity index (χ2v) is 8.43. The number of ether oxygens (including phenoxy) is 1. The van der Waals surface area contributed by atoms with E-state index in [9.17, 15) is 9.59 Å². The van der Waals surface area contributed by atoms with Crippen LogP contribution in [0.3, 0.4) is 0 Å². The van der Waals surface area contributed by atoms with E-state index >= 15 is 0 Å². The smallest absolute Gasteiger partial charge is 0.339 e. The summed E-state index contributed by atoms with van der Waals surface area (Å²) < 4.78 is 10.7. The van der Waals surface area contributed by atoms with E-state index in [4.69, 9.17) is 32.5 Å². The van der Waals surface area contributed by atoms with Gasteiger partial charge in [0.15, 0.2) is 6.10 Å². The first-order valence-corrected chi connectivity index (χ1v) is 10.7. The van der Waals surface area contributed by atoms with Gasteiger partial charge in [0.25, 0.3) is 11.6 Å². The van der Waals surface area contributed by atoms with Gasteiger partial charge in [-0.05, 0) is 49.6 Å². The number of carbonyl (C=O) groups is 2. The van der Waals surface area contributed by atoms with E-state index in [1.807, 2.05) is 17.5 Å². The first kappa shape index (κ1) is 21.3. The number of nitrogens with one attached hydrogen (secondary N) is 1. The van der Waals surface area contributed by atoms with Crippen molar-refractivity contribution in [2.75, 3.05) is 5.32 Å². The van der Waals surface area contributed by atoms with Crippen LogP contribution >= 0.6 is 34.5 Å². The predicted molar refractivity (Wildman–Crippen MR) is 120 cm³/mol. The summed E-state index contributed by atoms with van der Waals surface area (Å²) in [5.41, 5.74) is 1.80. The monoisotopic (exact) mass is 475 g/mol. The highest BCUT2D eigenvalue weighted by Gasteiger charge is 2.25. The Balaban J connectivity index is 1.59. The van der Waals surface area contributed by atoms with E-state index in [1.54, 1.807) is 25.1 Å². The van der Waals surface area contributed by atoms with Crippen LogP contribution in [0.4, 0.5) is 5.69 Å². The molecule has 0 aliphatic carbocycles. The van der Waals surface area contributed by atoms with E-state index in [-0.39, 0.29) is 11.3 Å². The molecule has 0 aliphatic heterocycles. The fraction of sp³-hybridized carbons (Fsp3) is 0.143. The van der Waals surface area contributed by atoms with Gasteiger partial charge in [-0.3, -0.25) is 4.79 Å². The minimum atomic E-state index is -1.10. The van der Waals surface area contributed by atoms with Crippen LogP contribution in [0.25, 0.3) is 21.7 Å². The van der Waals surface area contributed by atoms with Crippen molar-refractivity contribution in [1.82, 2.24) is 10.1 Å². The average molecular weight is 476 g/mol. The van der Waals surface area contributed by atoms with Gasteiger partial charge in [-0.25, -0.2) is 9.78 Å². The molecular formula is C21H15Cl2N3O4S. The highest BCUT2D eigenvalue weighted by molar-refractivity contribution is 7.13. The molecule has 158 valence electrons. The summed E-state index contributed by atoms with van der Waals surface area (Å²) in [5.74, 6) is -1.25. The molecule has 4 rings (SSSR count). The molecule has 10 heteroatoms. The Labute approximate surface area is 190 Å².